The lowest BCUT2D eigenvalue weighted by atomic mass is 9.95. The zero-order chi connectivity index (χ0) is 36.9. The topological polar surface area (TPSA) is 35.1 Å². The van der Waals surface area contributed by atoms with Crippen LogP contribution in [0.2, 0.25) is 0 Å². The van der Waals surface area contributed by atoms with Gasteiger partial charge in [0.05, 0.1) is 27.8 Å². The Bertz CT molecular complexity index is 3110. The second-order valence-electron chi connectivity index (χ2n) is 14.3. The standard InChI is InChI=1S/C50H42N4/c1-6-34-18-8-11-22-37(34)50(32(3)4)33(5)51-48(7-2)53-44-27-14-12-23-39(44)41-31-47-42(30-46(41)53)40-24-13-15-28-45(40)54(47)49-29-17-26-43(52-49)38-25-16-20-35-19-9-10-21-36(35)38/h6-32H,1-5H3/b34-6-,48-7+,50-37+,51-33-. The minimum atomic E-state index is 0.296. The summed E-state index contributed by atoms with van der Waals surface area (Å²) in [7, 11) is 0. The molecule has 54 heavy (non-hydrogen) atoms. The quantitative estimate of drug-likeness (QED) is 0.159. The fourth-order valence-electron chi connectivity index (χ4n) is 8.46. The summed E-state index contributed by atoms with van der Waals surface area (Å²) in [6, 6.07) is 52.1. The number of rotatable bonds is 6. The summed E-state index contributed by atoms with van der Waals surface area (Å²) in [5.74, 6) is 2.09. The number of allylic oxidation sites excluding steroid dienone is 1. The molecule has 0 atom stereocenters. The van der Waals surface area contributed by atoms with Gasteiger partial charge in [0.25, 0.3) is 0 Å². The summed E-state index contributed by atoms with van der Waals surface area (Å²) in [6.45, 7) is 10.9. The molecule has 9 aromatic rings. The molecule has 9 rings (SSSR count). The van der Waals surface area contributed by atoms with Gasteiger partial charge in [-0.3, -0.25) is 9.13 Å². The van der Waals surface area contributed by atoms with Crippen LogP contribution in [0.4, 0.5) is 0 Å². The number of nitrogens with zero attached hydrogens (tertiary/aromatic N) is 4. The largest absolute Gasteiger partial charge is 0.294 e. The molecule has 0 saturated carbocycles. The maximum atomic E-state index is 5.44. The van der Waals surface area contributed by atoms with Gasteiger partial charge in [0, 0.05) is 32.8 Å². The van der Waals surface area contributed by atoms with Crippen molar-refractivity contribution in [3.63, 3.8) is 0 Å². The van der Waals surface area contributed by atoms with Crippen molar-refractivity contribution in [2.24, 2.45) is 10.9 Å². The summed E-state index contributed by atoms with van der Waals surface area (Å²) >= 11 is 0. The first-order valence-electron chi connectivity index (χ1n) is 18.9. The van der Waals surface area contributed by atoms with Crippen LogP contribution in [0.3, 0.4) is 0 Å². The van der Waals surface area contributed by atoms with Crippen molar-refractivity contribution >= 4 is 77.6 Å². The minimum absolute atomic E-state index is 0.296. The van der Waals surface area contributed by atoms with Crippen LogP contribution >= 0.6 is 0 Å². The van der Waals surface area contributed by atoms with E-state index in [1.807, 2.05) is 0 Å². The lowest BCUT2D eigenvalue weighted by molar-refractivity contribution is 0.861. The van der Waals surface area contributed by atoms with Crippen molar-refractivity contribution in [3.8, 4) is 17.1 Å². The van der Waals surface area contributed by atoms with E-state index in [1.165, 1.54) is 48.3 Å². The van der Waals surface area contributed by atoms with E-state index in [0.717, 1.165) is 50.7 Å². The Morgan fingerprint density at radius 3 is 2.02 bits per heavy atom. The highest BCUT2D eigenvalue weighted by Crippen LogP contribution is 2.40. The summed E-state index contributed by atoms with van der Waals surface area (Å²) in [6.07, 6.45) is 4.33. The lowest BCUT2D eigenvalue weighted by Gasteiger charge is -2.15. The molecular weight excluding hydrogens is 657 g/mol. The maximum absolute atomic E-state index is 5.44. The van der Waals surface area contributed by atoms with Crippen molar-refractivity contribution in [3.05, 3.63) is 162 Å². The van der Waals surface area contributed by atoms with E-state index in [-0.39, 0.29) is 0 Å². The van der Waals surface area contributed by atoms with Gasteiger partial charge in [-0.2, -0.15) is 0 Å². The van der Waals surface area contributed by atoms with Gasteiger partial charge in [-0.25, -0.2) is 9.98 Å². The predicted molar refractivity (Wildman–Crippen MR) is 232 cm³/mol. The van der Waals surface area contributed by atoms with Crippen molar-refractivity contribution in [1.82, 2.24) is 14.1 Å². The van der Waals surface area contributed by atoms with Crippen LogP contribution in [0.1, 0.15) is 34.6 Å². The van der Waals surface area contributed by atoms with E-state index in [9.17, 15) is 0 Å². The smallest absolute Gasteiger partial charge is 0.138 e. The summed E-state index contributed by atoms with van der Waals surface area (Å²) in [4.78, 5) is 10.8. The number of hydrogen-bond acceptors (Lipinski definition) is 2. The van der Waals surface area contributed by atoms with E-state index < -0.39 is 0 Å². The Kier molecular flexibility index (Phi) is 8.31. The Hall–Kier alpha value is -6.52. The predicted octanol–water partition coefficient (Wildman–Crippen LogP) is 11.7. The average molecular weight is 699 g/mol. The van der Waals surface area contributed by atoms with Crippen LogP contribution in [0.5, 0.6) is 0 Å². The number of hydrogen-bond donors (Lipinski definition) is 0. The van der Waals surface area contributed by atoms with Gasteiger partial charge in [0.1, 0.15) is 11.6 Å². The summed E-state index contributed by atoms with van der Waals surface area (Å²) in [5, 5.41) is 9.61. The van der Waals surface area contributed by atoms with E-state index in [4.69, 9.17) is 9.98 Å². The van der Waals surface area contributed by atoms with Crippen molar-refractivity contribution < 1.29 is 0 Å². The lowest BCUT2D eigenvalue weighted by Crippen LogP contribution is -2.30. The van der Waals surface area contributed by atoms with Gasteiger partial charge < -0.3 is 0 Å². The molecule has 0 N–H and O–H groups in total. The number of aliphatic imine (C=N–C) groups is 1. The number of para-hydroxylation sites is 2. The fraction of sp³-hybridized carbons (Fsp3) is 0.120. The van der Waals surface area contributed by atoms with Gasteiger partial charge in [-0.1, -0.05) is 129 Å². The van der Waals surface area contributed by atoms with Gasteiger partial charge in [-0.05, 0) is 95.9 Å². The second-order valence-corrected chi connectivity index (χ2v) is 14.3. The molecule has 262 valence electrons. The van der Waals surface area contributed by atoms with Gasteiger partial charge in [0.15, 0.2) is 0 Å². The first kappa shape index (κ1) is 33.3. The monoisotopic (exact) mass is 698 g/mol. The van der Waals surface area contributed by atoms with Crippen LogP contribution in [0.25, 0.3) is 88.9 Å². The zero-order valence-corrected chi connectivity index (χ0v) is 31.4. The molecular formula is C50H42N4. The van der Waals surface area contributed by atoms with Gasteiger partial charge >= 0.3 is 0 Å². The van der Waals surface area contributed by atoms with Gasteiger partial charge in [-0.15, -0.1) is 0 Å². The first-order valence-corrected chi connectivity index (χ1v) is 18.9. The van der Waals surface area contributed by atoms with Crippen molar-refractivity contribution in [2.45, 2.75) is 34.6 Å². The van der Waals surface area contributed by atoms with Crippen LogP contribution < -0.4 is 10.4 Å². The first-order chi connectivity index (χ1) is 26.5. The number of benzene rings is 6. The Morgan fingerprint density at radius 1 is 0.611 bits per heavy atom. The molecule has 0 fully saturated rings. The number of aromatic nitrogens is 3. The van der Waals surface area contributed by atoms with E-state index in [0.29, 0.717) is 5.92 Å². The van der Waals surface area contributed by atoms with Crippen LogP contribution in [0, 0.1) is 5.92 Å². The van der Waals surface area contributed by atoms with Gasteiger partial charge in [0.2, 0.25) is 0 Å². The highest BCUT2D eigenvalue weighted by atomic mass is 15.1. The van der Waals surface area contributed by atoms with Crippen LogP contribution in [0.15, 0.2) is 157 Å². The summed E-state index contributed by atoms with van der Waals surface area (Å²) < 4.78 is 4.67. The molecule has 0 bridgehead atoms. The molecule has 0 saturated heterocycles. The van der Waals surface area contributed by atoms with Crippen molar-refractivity contribution in [2.75, 3.05) is 0 Å². The maximum Gasteiger partial charge on any atom is 0.138 e. The molecule has 0 aliphatic heterocycles. The van der Waals surface area contributed by atoms with E-state index in [1.54, 1.807) is 0 Å². The van der Waals surface area contributed by atoms with Crippen LogP contribution in [-0.2, 0) is 0 Å². The third-order valence-electron chi connectivity index (χ3n) is 10.8. The molecule has 0 aliphatic rings. The molecule has 4 heteroatoms. The SMILES string of the molecule is C/C=c1/cccc/c1=C(\C(C)=N/C(=C\C)n1c2ccccc2c2cc3c(cc21)c1ccccc1n3-c1cccc(-c2cccc3ccccc23)n1)C(C)C. The molecule has 0 radical (unpaired) electrons. The molecule has 4 nitrogen and oxygen atoms in total. The Balaban J connectivity index is 1.29. The number of fused-ring (bicyclic) bond motifs is 7. The fourth-order valence-corrected chi connectivity index (χ4v) is 8.46. The van der Waals surface area contributed by atoms with E-state index >= 15 is 0 Å². The third kappa shape index (κ3) is 5.37. The Morgan fingerprint density at radius 2 is 1.24 bits per heavy atom. The molecule has 0 unspecified atom stereocenters. The van der Waals surface area contributed by atoms with E-state index in [2.05, 4.69) is 201 Å². The van der Waals surface area contributed by atoms with Crippen molar-refractivity contribution in [1.29, 1.82) is 0 Å². The van der Waals surface area contributed by atoms with Crippen LogP contribution in [-0.4, -0.2) is 19.8 Å². The zero-order valence-electron chi connectivity index (χ0n) is 31.4. The second kappa shape index (κ2) is 13.5. The molecule has 0 amide bonds. The molecule has 0 spiro atoms. The third-order valence-corrected chi connectivity index (χ3v) is 10.8. The minimum Gasteiger partial charge on any atom is -0.294 e. The molecule has 6 aromatic carbocycles. The average Bonchev–Trinajstić information content (AvgIpc) is 3.71. The number of pyridine rings is 1. The molecule has 3 aromatic heterocycles. The molecule has 3 heterocycles. The Labute approximate surface area is 315 Å². The summed E-state index contributed by atoms with van der Waals surface area (Å²) in [5.41, 5.74) is 8.87. The molecule has 0 aliphatic carbocycles. The highest BCUT2D eigenvalue weighted by Gasteiger charge is 2.20. The normalized spacial score (nSPS) is 13.7. The highest BCUT2D eigenvalue weighted by molar-refractivity contribution is 6.21.